The van der Waals surface area contributed by atoms with Crippen LogP contribution in [0.3, 0.4) is 0 Å². The average molecular weight is 397 g/mol. The molecule has 2 N–H and O–H groups in total. The molecule has 0 aromatic heterocycles. The van der Waals surface area contributed by atoms with Crippen LogP contribution in [0.2, 0.25) is 0 Å². The standard InChI is InChI=1S/C13H19Br2NO3/c1-3-19-13-11(14)4-9(5-12(13)15)6-16-7-10(17)8-18-2/h4-5,10,16-17H,3,6-8H2,1-2H3. The summed E-state index contributed by atoms with van der Waals surface area (Å²) >= 11 is 6.99. The summed E-state index contributed by atoms with van der Waals surface area (Å²) in [5.74, 6) is 0.811. The van der Waals surface area contributed by atoms with Gasteiger partial charge >= 0.3 is 0 Å². The predicted octanol–water partition coefficient (Wildman–Crippen LogP) is 2.71. The van der Waals surface area contributed by atoms with E-state index in [0.29, 0.717) is 26.3 Å². The van der Waals surface area contributed by atoms with Crippen molar-refractivity contribution in [3.8, 4) is 5.75 Å². The molecule has 108 valence electrons. The number of hydrogen-bond donors (Lipinski definition) is 2. The first-order valence-electron chi connectivity index (χ1n) is 6.06. The molecule has 0 spiro atoms. The molecule has 0 radical (unpaired) electrons. The lowest BCUT2D eigenvalue weighted by Crippen LogP contribution is -2.29. The van der Waals surface area contributed by atoms with Crippen LogP contribution < -0.4 is 10.1 Å². The van der Waals surface area contributed by atoms with Gasteiger partial charge in [0.2, 0.25) is 0 Å². The number of benzene rings is 1. The number of methoxy groups -OCH3 is 1. The van der Waals surface area contributed by atoms with Gasteiger partial charge in [-0.2, -0.15) is 0 Å². The smallest absolute Gasteiger partial charge is 0.147 e. The zero-order chi connectivity index (χ0) is 14.3. The Kier molecular flexibility index (Phi) is 7.94. The van der Waals surface area contributed by atoms with E-state index in [2.05, 4.69) is 37.2 Å². The van der Waals surface area contributed by atoms with Crippen molar-refractivity contribution >= 4 is 31.9 Å². The summed E-state index contributed by atoms with van der Waals surface area (Å²) in [5, 5.41) is 12.7. The summed E-state index contributed by atoms with van der Waals surface area (Å²) in [7, 11) is 1.57. The van der Waals surface area contributed by atoms with Gasteiger partial charge in [-0.3, -0.25) is 0 Å². The molecular formula is C13H19Br2NO3. The Labute approximate surface area is 130 Å². The highest BCUT2D eigenvalue weighted by molar-refractivity contribution is 9.11. The fourth-order valence-electron chi connectivity index (χ4n) is 1.63. The maximum absolute atomic E-state index is 9.52. The van der Waals surface area contributed by atoms with Crippen molar-refractivity contribution in [1.29, 1.82) is 0 Å². The van der Waals surface area contributed by atoms with Crippen molar-refractivity contribution in [2.24, 2.45) is 0 Å². The van der Waals surface area contributed by atoms with E-state index in [-0.39, 0.29) is 0 Å². The second kappa shape index (κ2) is 8.92. The first kappa shape index (κ1) is 16.9. The zero-order valence-electron chi connectivity index (χ0n) is 11.1. The maximum atomic E-state index is 9.52. The largest absolute Gasteiger partial charge is 0.492 e. The minimum Gasteiger partial charge on any atom is -0.492 e. The maximum Gasteiger partial charge on any atom is 0.147 e. The van der Waals surface area contributed by atoms with Crippen LogP contribution in [0.25, 0.3) is 0 Å². The molecule has 19 heavy (non-hydrogen) atoms. The molecule has 1 unspecified atom stereocenters. The SMILES string of the molecule is CCOc1c(Br)cc(CNCC(O)COC)cc1Br. The van der Waals surface area contributed by atoms with Crippen molar-refractivity contribution in [2.45, 2.75) is 19.6 Å². The second-order valence-electron chi connectivity index (χ2n) is 4.06. The average Bonchev–Trinajstić information content (AvgIpc) is 2.34. The van der Waals surface area contributed by atoms with Crippen LogP contribution in [0.4, 0.5) is 0 Å². The van der Waals surface area contributed by atoms with Crippen LogP contribution in [0, 0.1) is 0 Å². The quantitative estimate of drug-likeness (QED) is 0.709. The Bertz CT molecular complexity index is 378. The van der Waals surface area contributed by atoms with Gasteiger partial charge < -0.3 is 19.9 Å². The van der Waals surface area contributed by atoms with Gasteiger partial charge in [0, 0.05) is 20.2 Å². The van der Waals surface area contributed by atoms with Gasteiger partial charge in [0.25, 0.3) is 0 Å². The minimum atomic E-state index is -0.487. The second-order valence-corrected chi connectivity index (χ2v) is 5.77. The van der Waals surface area contributed by atoms with Crippen molar-refractivity contribution in [1.82, 2.24) is 5.32 Å². The highest BCUT2D eigenvalue weighted by Gasteiger charge is 2.09. The molecule has 1 rings (SSSR count). The summed E-state index contributed by atoms with van der Waals surface area (Å²) in [6, 6.07) is 4.01. The number of nitrogens with one attached hydrogen (secondary N) is 1. The Hall–Kier alpha value is -0.140. The molecule has 0 aliphatic heterocycles. The van der Waals surface area contributed by atoms with E-state index in [1.54, 1.807) is 7.11 Å². The topological polar surface area (TPSA) is 50.7 Å². The van der Waals surface area contributed by atoms with Gasteiger partial charge in [-0.15, -0.1) is 0 Å². The fraction of sp³-hybridized carbons (Fsp3) is 0.538. The lowest BCUT2D eigenvalue weighted by molar-refractivity contribution is 0.0644. The van der Waals surface area contributed by atoms with Crippen LogP contribution in [-0.4, -0.2) is 38.1 Å². The van der Waals surface area contributed by atoms with Crippen molar-refractivity contribution in [2.75, 3.05) is 26.9 Å². The van der Waals surface area contributed by atoms with Crippen LogP contribution in [0.15, 0.2) is 21.1 Å². The van der Waals surface area contributed by atoms with Crippen LogP contribution >= 0.6 is 31.9 Å². The van der Waals surface area contributed by atoms with E-state index in [1.807, 2.05) is 19.1 Å². The van der Waals surface area contributed by atoms with Gasteiger partial charge in [-0.25, -0.2) is 0 Å². The molecule has 0 saturated carbocycles. The first-order chi connectivity index (χ1) is 9.08. The van der Waals surface area contributed by atoms with Gasteiger partial charge in [-0.05, 0) is 56.5 Å². The van der Waals surface area contributed by atoms with Crippen molar-refractivity contribution < 1.29 is 14.6 Å². The Balaban J connectivity index is 2.55. The van der Waals surface area contributed by atoms with Crippen molar-refractivity contribution in [3.63, 3.8) is 0 Å². The Morgan fingerprint density at radius 3 is 2.47 bits per heavy atom. The molecule has 1 aromatic rings. The summed E-state index contributed by atoms with van der Waals surface area (Å²) in [5.41, 5.74) is 1.10. The number of halogens is 2. The van der Waals surface area contributed by atoms with E-state index in [1.165, 1.54) is 0 Å². The summed E-state index contributed by atoms with van der Waals surface area (Å²) in [6.07, 6.45) is -0.487. The number of rotatable bonds is 8. The van der Waals surface area contributed by atoms with E-state index < -0.39 is 6.10 Å². The summed E-state index contributed by atoms with van der Waals surface area (Å²) < 4.78 is 12.2. The normalized spacial score (nSPS) is 12.5. The molecule has 0 aliphatic carbocycles. The van der Waals surface area contributed by atoms with E-state index in [9.17, 15) is 5.11 Å². The van der Waals surface area contributed by atoms with Gasteiger partial charge in [0.05, 0.1) is 28.3 Å². The molecule has 1 aromatic carbocycles. The lowest BCUT2D eigenvalue weighted by Gasteiger charge is -2.13. The minimum absolute atomic E-state index is 0.337. The Morgan fingerprint density at radius 2 is 1.95 bits per heavy atom. The molecule has 0 saturated heterocycles. The molecule has 0 aliphatic rings. The van der Waals surface area contributed by atoms with E-state index in [0.717, 1.165) is 20.3 Å². The van der Waals surface area contributed by atoms with Crippen LogP contribution in [-0.2, 0) is 11.3 Å². The third-order valence-electron chi connectivity index (χ3n) is 2.41. The Morgan fingerprint density at radius 1 is 1.32 bits per heavy atom. The monoisotopic (exact) mass is 395 g/mol. The van der Waals surface area contributed by atoms with Crippen LogP contribution in [0.1, 0.15) is 12.5 Å². The fourth-order valence-corrected chi connectivity index (χ4v) is 3.14. The molecule has 6 heteroatoms. The number of hydrogen-bond acceptors (Lipinski definition) is 4. The van der Waals surface area contributed by atoms with E-state index in [4.69, 9.17) is 9.47 Å². The highest BCUT2D eigenvalue weighted by Crippen LogP contribution is 2.34. The molecule has 0 heterocycles. The van der Waals surface area contributed by atoms with Crippen LogP contribution in [0.5, 0.6) is 5.75 Å². The molecule has 0 amide bonds. The molecule has 4 nitrogen and oxygen atoms in total. The first-order valence-corrected chi connectivity index (χ1v) is 7.65. The molecule has 1 atom stereocenters. The number of aliphatic hydroxyl groups excluding tert-OH is 1. The van der Waals surface area contributed by atoms with Gasteiger partial charge in [0.15, 0.2) is 0 Å². The third-order valence-corrected chi connectivity index (χ3v) is 3.59. The van der Waals surface area contributed by atoms with Crippen molar-refractivity contribution in [3.05, 3.63) is 26.6 Å². The zero-order valence-corrected chi connectivity index (χ0v) is 14.3. The summed E-state index contributed by atoms with van der Waals surface area (Å²) in [4.78, 5) is 0. The lowest BCUT2D eigenvalue weighted by atomic mass is 10.2. The van der Waals surface area contributed by atoms with Gasteiger partial charge in [0.1, 0.15) is 5.75 Å². The summed E-state index contributed by atoms with van der Waals surface area (Å²) in [6.45, 7) is 4.08. The van der Waals surface area contributed by atoms with E-state index >= 15 is 0 Å². The van der Waals surface area contributed by atoms with Gasteiger partial charge in [-0.1, -0.05) is 0 Å². The molecule has 0 bridgehead atoms. The third kappa shape index (κ3) is 5.79. The number of aliphatic hydroxyl groups is 1. The number of ether oxygens (including phenoxy) is 2. The predicted molar refractivity (Wildman–Crippen MR) is 82.6 cm³/mol. The molecule has 0 fully saturated rings. The molecular weight excluding hydrogens is 378 g/mol. The highest BCUT2D eigenvalue weighted by atomic mass is 79.9.